The zero-order chi connectivity index (χ0) is 15.0. The molecule has 0 bridgehead atoms. The molecule has 0 radical (unpaired) electrons. The Labute approximate surface area is 122 Å². The average Bonchev–Trinajstić information content (AvgIpc) is 2.37. The molecule has 0 saturated heterocycles. The van der Waals surface area contributed by atoms with Crippen LogP contribution in [0.15, 0.2) is 12.1 Å². The number of aromatic nitrogens is 1. The smallest absolute Gasteiger partial charge is 0.142 e. The van der Waals surface area contributed by atoms with Gasteiger partial charge in [-0.1, -0.05) is 6.92 Å². The van der Waals surface area contributed by atoms with Crippen LogP contribution in [0.3, 0.4) is 0 Å². The highest BCUT2D eigenvalue weighted by Crippen LogP contribution is 2.17. The van der Waals surface area contributed by atoms with E-state index in [-0.39, 0.29) is 5.54 Å². The van der Waals surface area contributed by atoms with Crippen LogP contribution in [0.1, 0.15) is 45.5 Å². The number of nitrogens with one attached hydrogen (secondary N) is 1. The lowest BCUT2D eigenvalue weighted by Crippen LogP contribution is -2.35. The van der Waals surface area contributed by atoms with E-state index in [0.717, 1.165) is 30.2 Å². The van der Waals surface area contributed by atoms with Gasteiger partial charge in [-0.2, -0.15) is 0 Å². The largest absolute Gasteiger partial charge is 0.489 e. The first-order valence-electron chi connectivity index (χ1n) is 7.34. The fraction of sp³-hybridized carbons (Fsp3) is 0.688. The molecule has 114 valence electrons. The van der Waals surface area contributed by atoms with E-state index >= 15 is 0 Å². The van der Waals surface area contributed by atoms with Gasteiger partial charge in [0.2, 0.25) is 0 Å². The highest BCUT2D eigenvalue weighted by molar-refractivity contribution is 5.29. The number of pyridine rings is 1. The quantitative estimate of drug-likeness (QED) is 0.743. The standard InChI is InChI=1S/C16H28N2O2/c1-6-9-19-10-11-20-15-8-7-13(2)18-14(15)12-17-16(3,4)5/h7-8,17H,6,9-12H2,1-5H3. The van der Waals surface area contributed by atoms with E-state index in [1.54, 1.807) is 0 Å². The molecule has 0 atom stereocenters. The van der Waals surface area contributed by atoms with Crippen molar-refractivity contribution in [3.8, 4) is 5.75 Å². The molecule has 0 spiro atoms. The zero-order valence-electron chi connectivity index (χ0n) is 13.5. The van der Waals surface area contributed by atoms with Crippen LogP contribution in [-0.2, 0) is 11.3 Å². The van der Waals surface area contributed by atoms with Gasteiger partial charge in [-0.15, -0.1) is 0 Å². The highest BCUT2D eigenvalue weighted by atomic mass is 16.5. The second-order valence-corrected chi connectivity index (χ2v) is 5.96. The summed E-state index contributed by atoms with van der Waals surface area (Å²) in [6, 6.07) is 3.96. The third-order valence-corrected chi connectivity index (χ3v) is 2.69. The van der Waals surface area contributed by atoms with E-state index in [1.807, 2.05) is 19.1 Å². The van der Waals surface area contributed by atoms with Gasteiger partial charge in [-0.05, 0) is 46.2 Å². The zero-order valence-corrected chi connectivity index (χ0v) is 13.5. The first kappa shape index (κ1) is 16.9. The number of ether oxygens (including phenoxy) is 2. The molecule has 0 aromatic carbocycles. The van der Waals surface area contributed by atoms with Gasteiger partial charge in [0.1, 0.15) is 12.4 Å². The summed E-state index contributed by atoms with van der Waals surface area (Å²) in [5.74, 6) is 0.840. The fourth-order valence-electron chi connectivity index (χ4n) is 1.66. The van der Waals surface area contributed by atoms with Crippen molar-refractivity contribution < 1.29 is 9.47 Å². The summed E-state index contributed by atoms with van der Waals surface area (Å²) in [5.41, 5.74) is 2.02. The van der Waals surface area contributed by atoms with E-state index in [2.05, 4.69) is 38.0 Å². The van der Waals surface area contributed by atoms with Crippen LogP contribution >= 0.6 is 0 Å². The normalized spacial score (nSPS) is 11.7. The average molecular weight is 280 g/mol. The molecule has 1 heterocycles. The molecule has 1 rings (SSSR count). The number of rotatable bonds is 8. The monoisotopic (exact) mass is 280 g/mol. The summed E-state index contributed by atoms with van der Waals surface area (Å²) < 4.78 is 11.2. The van der Waals surface area contributed by atoms with Gasteiger partial charge < -0.3 is 14.8 Å². The number of hydrogen-bond acceptors (Lipinski definition) is 4. The van der Waals surface area contributed by atoms with Gasteiger partial charge in [0.15, 0.2) is 0 Å². The van der Waals surface area contributed by atoms with E-state index in [9.17, 15) is 0 Å². The highest BCUT2D eigenvalue weighted by Gasteiger charge is 2.12. The van der Waals surface area contributed by atoms with Crippen LogP contribution in [0.25, 0.3) is 0 Å². The minimum Gasteiger partial charge on any atom is -0.489 e. The number of aryl methyl sites for hydroxylation is 1. The Balaban J connectivity index is 2.56. The molecule has 0 aliphatic heterocycles. The van der Waals surface area contributed by atoms with Crippen molar-refractivity contribution in [1.82, 2.24) is 10.3 Å². The van der Waals surface area contributed by atoms with E-state index in [0.29, 0.717) is 19.8 Å². The minimum absolute atomic E-state index is 0.0624. The molecule has 0 aliphatic carbocycles. The van der Waals surface area contributed by atoms with Crippen LogP contribution < -0.4 is 10.1 Å². The Kier molecular flexibility index (Phi) is 6.96. The summed E-state index contributed by atoms with van der Waals surface area (Å²) in [6.07, 6.45) is 1.03. The van der Waals surface area contributed by atoms with Crippen LogP contribution in [-0.4, -0.2) is 30.3 Å². The van der Waals surface area contributed by atoms with Crippen LogP contribution in [0.2, 0.25) is 0 Å². The van der Waals surface area contributed by atoms with Crippen molar-refractivity contribution >= 4 is 0 Å². The second kappa shape index (κ2) is 8.22. The first-order chi connectivity index (χ1) is 9.42. The van der Waals surface area contributed by atoms with Gasteiger partial charge in [-0.3, -0.25) is 4.98 Å². The Hall–Kier alpha value is -1.13. The molecule has 1 aromatic heterocycles. The summed E-state index contributed by atoms with van der Waals surface area (Å²) in [4.78, 5) is 4.56. The molecular formula is C16H28N2O2. The summed E-state index contributed by atoms with van der Waals surface area (Å²) in [6.45, 7) is 13.2. The van der Waals surface area contributed by atoms with Gasteiger partial charge in [-0.25, -0.2) is 0 Å². The summed E-state index contributed by atoms with van der Waals surface area (Å²) in [5, 5.41) is 3.44. The van der Waals surface area contributed by atoms with Crippen molar-refractivity contribution in [3.63, 3.8) is 0 Å². The predicted molar refractivity (Wildman–Crippen MR) is 82.2 cm³/mol. The summed E-state index contributed by atoms with van der Waals surface area (Å²) >= 11 is 0. The van der Waals surface area contributed by atoms with E-state index in [4.69, 9.17) is 9.47 Å². The van der Waals surface area contributed by atoms with Crippen molar-refractivity contribution in [1.29, 1.82) is 0 Å². The molecule has 0 amide bonds. The second-order valence-electron chi connectivity index (χ2n) is 5.96. The lowest BCUT2D eigenvalue weighted by Gasteiger charge is -2.21. The van der Waals surface area contributed by atoms with E-state index < -0.39 is 0 Å². The van der Waals surface area contributed by atoms with Gasteiger partial charge in [0.05, 0.1) is 12.3 Å². The minimum atomic E-state index is 0.0624. The first-order valence-corrected chi connectivity index (χ1v) is 7.34. The molecule has 20 heavy (non-hydrogen) atoms. The molecule has 4 nitrogen and oxygen atoms in total. The maximum absolute atomic E-state index is 5.78. The van der Waals surface area contributed by atoms with Crippen molar-refractivity contribution in [3.05, 3.63) is 23.5 Å². The van der Waals surface area contributed by atoms with Gasteiger partial charge >= 0.3 is 0 Å². The van der Waals surface area contributed by atoms with Crippen LogP contribution in [0.5, 0.6) is 5.75 Å². The maximum atomic E-state index is 5.78. The topological polar surface area (TPSA) is 43.4 Å². The number of nitrogens with zero attached hydrogens (tertiary/aromatic N) is 1. The fourth-order valence-corrected chi connectivity index (χ4v) is 1.66. The molecule has 0 fully saturated rings. The number of hydrogen-bond donors (Lipinski definition) is 1. The molecule has 0 unspecified atom stereocenters. The lowest BCUT2D eigenvalue weighted by molar-refractivity contribution is 0.1000. The lowest BCUT2D eigenvalue weighted by atomic mass is 10.1. The molecule has 0 saturated carbocycles. The summed E-state index contributed by atoms with van der Waals surface area (Å²) in [7, 11) is 0. The third kappa shape index (κ3) is 6.87. The van der Waals surface area contributed by atoms with Gasteiger partial charge in [0.25, 0.3) is 0 Å². The van der Waals surface area contributed by atoms with Crippen molar-refractivity contribution in [2.45, 2.75) is 53.1 Å². The van der Waals surface area contributed by atoms with E-state index in [1.165, 1.54) is 0 Å². The molecule has 1 N–H and O–H groups in total. The van der Waals surface area contributed by atoms with Crippen LogP contribution in [0.4, 0.5) is 0 Å². The molecule has 4 heteroatoms. The van der Waals surface area contributed by atoms with Crippen molar-refractivity contribution in [2.75, 3.05) is 19.8 Å². The van der Waals surface area contributed by atoms with Crippen LogP contribution in [0, 0.1) is 6.92 Å². The molecular weight excluding hydrogens is 252 g/mol. The molecule has 1 aromatic rings. The Morgan fingerprint density at radius 2 is 1.90 bits per heavy atom. The van der Waals surface area contributed by atoms with Crippen molar-refractivity contribution in [2.24, 2.45) is 0 Å². The third-order valence-electron chi connectivity index (χ3n) is 2.69. The predicted octanol–water partition coefficient (Wildman–Crippen LogP) is 3.08. The Morgan fingerprint density at radius 3 is 2.55 bits per heavy atom. The Morgan fingerprint density at radius 1 is 1.15 bits per heavy atom. The van der Waals surface area contributed by atoms with Gasteiger partial charge in [0, 0.05) is 24.4 Å². The maximum Gasteiger partial charge on any atom is 0.142 e. The molecule has 0 aliphatic rings. The Bertz CT molecular complexity index is 400. The SMILES string of the molecule is CCCOCCOc1ccc(C)nc1CNC(C)(C)C.